The number of methoxy groups -OCH3 is 1. The van der Waals surface area contributed by atoms with E-state index in [1.54, 1.807) is 6.07 Å². The SMILES string of the molecule is COCCOC(=O)CCc1cc(N(C)C)c2c(c1O)C(=O)CC(CC(CCO)C(CO)C(=O)CC(C)=O)C2.O.[HH].[HH]. The van der Waals surface area contributed by atoms with E-state index < -0.39 is 24.4 Å². The van der Waals surface area contributed by atoms with Crippen molar-refractivity contribution in [2.45, 2.75) is 51.9 Å². The molecule has 1 aromatic rings. The third-order valence-electron chi connectivity index (χ3n) is 7.08. The van der Waals surface area contributed by atoms with Crippen molar-refractivity contribution in [1.29, 1.82) is 0 Å². The molecule has 1 aromatic carbocycles. The van der Waals surface area contributed by atoms with Gasteiger partial charge < -0.3 is 35.2 Å². The number of esters is 1. The summed E-state index contributed by atoms with van der Waals surface area (Å²) in [6, 6.07) is 1.78. The van der Waals surface area contributed by atoms with Gasteiger partial charge in [0, 0.05) is 55.1 Å². The minimum absolute atomic E-state index is 0. The van der Waals surface area contributed by atoms with Crippen molar-refractivity contribution in [3.63, 3.8) is 0 Å². The number of aromatic hydroxyl groups is 1. The number of hydrogen-bond donors (Lipinski definition) is 3. The molecule has 2 rings (SSSR count). The number of rotatable bonds is 16. The van der Waals surface area contributed by atoms with Crippen LogP contribution in [0.25, 0.3) is 0 Å². The van der Waals surface area contributed by atoms with Crippen molar-refractivity contribution >= 4 is 29.0 Å². The summed E-state index contributed by atoms with van der Waals surface area (Å²) in [6.45, 7) is 1.13. The Balaban J connectivity index is 0. The predicted molar refractivity (Wildman–Crippen MR) is 148 cm³/mol. The third kappa shape index (κ3) is 9.38. The van der Waals surface area contributed by atoms with Gasteiger partial charge in [0.15, 0.2) is 5.78 Å². The Kier molecular flexibility index (Phi) is 14.3. The topological polar surface area (TPSA) is 182 Å². The molecule has 0 bridgehead atoms. The number of aliphatic hydroxyl groups is 2. The Labute approximate surface area is 232 Å². The second-order valence-electron chi connectivity index (χ2n) is 10.2. The average Bonchev–Trinajstić information content (AvgIpc) is 2.83. The second kappa shape index (κ2) is 16.3. The molecule has 0 radical (unpaired) electrons. The van der Waals surface area contributed by atoms with Crippen LogP contribution in [0.3, 0.4) is 0 Å². The first-order chi connectivity index (χ1) is 18.0. The molecule has 0 amide bonds. The van der Waals surface area contributed by atoms with Crippen LogP contribution in [0.5, 0.6) is 5.75 Å². The molecule has 224 valence electrons. The molecule has 0 aliphatic heterocycles. The van der Waals surface area contributed by atoms with Gasteiger partial charge in [-0.1, -0.05) is 0 Å². The zero-order valence-electron chi connectivity index (χ0n) is 23.3. The Bertz CT molecular complexity index is 1020. The fraction of sp³-hybridized carbons (Fsp3) is 0.643. The monoisotopic (exact) mass is 557 g/mol. The summed E-state index contributed by atoms with van der Waals surface area (Å²) in [4.78, 5) is 51.3. The number of aliphatic hydroxyl groups excluding tert-OH is 2. The second-order valence-corrected chi connectivity index (χ2v) is 10.2. The number of ketones is 3. The van der Waals surface area contributed by atoms with Crippen molar-refractivity contribution < 1.29 is 52.3 Å². The molecule has 1 aliphatic carbocycles. The molecule has 0 saturated carbocycles. The number of fused-ring (bicyclic) bond motifs is 1. The van der Waals surface area contributed by atoms with E-state index in [1.807, 2.05) is 19.0 Å². The molecule has 3 atom stereocenters. The number of Topliss-reactive ketones (excluding diaryl/α,β-unsaturated/α-hetero) is 3. The van der Waals surface area contributed by atoms with Gasteiger partial charge in [-0.25, -0.2) is 0 Å². The van der Waals surface area contributed by atoms with Gasteiger partial charge in [-0.2, -0.15) is 0 Å². The molecule has 0 spiro atoms. The first kappa shape index (κ1) is 34.2. The molecule has 11 heteroatoms. The van der Waals surface area contributed by atoms with Crippen LogP contribution in [0.2, 0.25) is 0 Å². The lowest BCUT2D eigenvalue weighted by molar-refractivity contribution is -0.144. The fourth-order valence-electron chi connectivity index (χ4n) is 5.26. The number of anilines is 1. The molecule has 0 heterocycles. The number of carbonyl (C=O) groups is 4. The largest absolute Gasteiger partial charge is 0.507 e. The highest BCUT2D eigenvalue weighted by atomic mass is 16.6. The lowest BCUT2D eigenvalue weighted by Gasteiger charge is -2.33. The zero-order chi connectivity index (χ0) is 28.4. The van der Waals surface area contributed by atoms with Crippen molar-refractivity contribution in [3.05, 3.63) is 22.8 Å². The number of phenols is 1. The van der Waals surface area contributed by atoms with E-state index in [0.29, 0.717) is 30.6 Å². The summed E-state index contributed by atoms with van der Waals surface area (Å²) < 4.78 is 9.96. The number of ether oxygens (including phenoxy) is 2. The van der Waals surface area contributed by atoms with Crippen molar-refractivity contribution in [2.75, 3.05) is 52.5 Å². The third-order valence-corrected chi connectivity index (χ3v) is 7.08. The van der Waals surface area contributed by atoms with Gasteiger partial charge in [0.25, 0.3) is 0 Å². The Morgan fingerprint density at radius 1 is 1.18 bits per heavy atom. The number of nitrogens with zero attached hydrogens (tertiary/aromatic N) is 1. The van der Waals surface area contributed by atoms with Crippen LogP contribution in [-0.2, 0) is 36.7 Å². The van der Waals surface area contributed by atoms with E-state index in [4.69, 9.17) is 9.47 Å². The molecule has 0 saturated heterocycles. The summed E-state index contributed by atoms with van der Waals surface area (Å²) in [7, 11) is 5.18. The van der Waals surface area contributed by atoms with Gasteiger partial charge in [-0.3, -0.25) is 19.2 Å². The Hall–Kier alpha value is -2.86. The van der Waals surface area contributed by atoms with Crippen LogP contribution in [0.1, 0.15) is 63.4 Å². The van der Waals surface area contributed by atoms with Gasteiger partial charge >= 0.3 is 5.97 Å². The van der Waals surface area contributed by atoms with Gasteiger partial charge in [0.1, 0.15) is 23.9 Å². The van der Waals surface area contributed by atoms with Crippen LogP contribution in [-0.4, -0.2) is 91.7 Å². The number of phenolic OH excluding ortho intramolecular Hbond substituents is 1. The first-order valence-electron chi connectivity index (χ1n) is 13.0. The molecular formula is C28H47NO10. The molecular weight excluding hydrogens is 510 g/mol. The van der Waals surface area contributed by atoms with Gasteiger partial charge in [0.2, 0.25) is 0 Å². The first-order valence-corrected chi connectivity index (χ1v) is 13.0. The standard InChI is InChI=1S/C28H41NO9.H2O.2H2/c1-17(32)11-24(33)22(16-31)19(7-8-30)12-18-13-21-23(29(2)3)15-20(28(36)27(21)25(34)14-18)5-6-26(35)38-10-9-37-4;;;/h15,18-19,22,30-31,36H,5-14,16H2,1-4H3;1H2;2*1H. The van der Waals surface area contributed by atoms with Crippen LogP contribution >= 0.6 is 0 Å². The molecule has 0 aromatic heterocycles. The maximum atomic E-state index is 13.3. The van der Waals surface area contributed by atoms with E-state index in [-0.39, 0.29) is 88.2 Å². The van der Waals surface area contributed by atoms with Gasteiger partial charge in [-0.05, 0) is 61.6 Å². The smallest absolute Gasteiger partial charge is 0.306 e. The lowest BCUT2D eigenvalue weighted by atomic mass is 9.73. The lowest BCUT2D eigenvalue weighted by Crippen LogP contribution is -2.33. The number of aryl methyl sites for hydroxylation is 1. The minimum Gasteiger partial charge on any atom is -0.507 e. The number of carbonyl (C=O) groups excluding carboxylic acids is 4. The molecule has 11 nitrogen and oxygen atoms in total. The van der Waals surface area contributed by atoms with Crippen molar-refractivity contribution in [3.8, 4) is 5.75 Å². The van der Waals surface area contributed by atoms with Crippen LogP contribution in [0.4, 0.5) is 5.69 Å². The van der Waals surface area contributed by atoms with Crippen LogP contribution in [0, 0.1) is 17.8 Å². The van der Waals surface area contributed by atoms with Crippen LogP contribution < -0.4 is 4.90 Å². The molecule has 39 heavy (non-hydrogen) atoms. The summed E-state index contributed by atoms with van der Waals surface area (Å²) in [6.07, 6.45) is 1.23. The Morgan fingerprint density at radius 3 is 2.44 bits per heavy atom. The van der Waals surface area contributed by atoms with E-state index in [9.17, 15) is 34.5 Å². The summed E-state index contributed by atoms with van der Waals surface area (Å²) in [5, 5.41) is 30.6. The van der Waals surface area contributed by atoms with Gasteiger partial charge in [0.05, 0.1) is 25.2 Å². The summed E-state index contributed by atoms with van der Waals surface area (Å²) >= 11 is 0. The average molecular weight is 558 g/mol. The van der Waals surface area contributed by atoms with E-state index >= 15 is 0 Å². The molecule has 5 N–H and O–H groups in total. The predicted octanol–water partition coefficient (Wildman–Crippen LogP) is 1.54. The van der Waals surface area contributed by atoms with E-state index in [2.05, 4.69) is 0 Å². The Morgan fingerprint density at radius 2 is 1.87 bits per heavy atom. The number of hydrogen-bond acceptors (Lipinski definition) is 10. The fourth-order valence-corrected chi connectivity index (χ4v) is 5.26. The van der Waals surface area contributed by atoms with Crippen molar-refractivity contribution in [1.82, 2.24) is 0 Å². The zero-order valence-corrected chi connectivity index (χ0v) is 23.3. The maximum Gasteiger partial charge on any atom is 0.306 e. The maximum absolute atomic E-state index is 13.3. The highest BCUT2D eigenvalue weighted by molar-refractivity contribution is 6.03. The quantitative estimate of drug-likeness (QED) is 0.153. The number of benzene rings is 1. The highest BCUT2D eigenvalue weighted by Crippen LogP contribution is 2.42. The minimum atomic E-state index is -0.796. The van der Waals surface area contributed by atoms with Crippen LogP contribution in [0.15, 0.2) is 6.07 Å². The van der Waals surface area contributed by atoms with E-state index in [1.165, 1.54) is 14.0 Å². The van der Waals surface area contributed by atoms with E-state index in [0.717, 1.165) is 5.69 Å². The van der Waals surface area contributed by atoms with Gasteiger partial charge in [-0.15, -0.1) is 0 Å². The summed E-state index contributed by atoms with van der Waals surface area (Å²) in [5.41, 5.74) is 2.18. The highest BCUT2D eigenvalue weighted by Gasteiger charge is 2.36. The van der Waals surface area contributed by atoms with Crippen molar-refractivity contribution in [2.24, 2.45) is 17.8 Å². The molecule has 1 aliphatic rings. The summed E-state index contributed by atoms with van der Waals surface area (Å²) in [5.74, 6) is -2.81. The normalized spacial score (nSPS) is 16.1. The molecule has 0 fully saturated rings. The molecule has 3 unspecified atom stereocenters.